The zero-order valence-electron chi connectivity index (χ0n) is 11.7. The van der Waals surface area contributed by atoms with E-state index in [4.69, 9.17) is 5.73 Å². The molecule has 2 aromatic rings. The molecule has 0 atom stereocenters. The van der Waals surface area contributed by atoms with Gasteiger partial charge in [-0.1, -0.05) is 18.2 Å². The summed E-state index contributed by atoms with van der Waals surface area (Å²) in [5.41, 5.74) is 9.19. The SMILES string of the molecule is Nc1ccc(C2CCN(Cc3ccccn3)CC2)cc1. The van der Waals surface area contributed by atoms with Crippen molar-refractivity contribution in [3.8, 4) is 0 Å². The minimum absolute atomic E-state index is 0.676. The molecule has 0 aliphatic carbocycles. The molecule has 1 fully saturated rings. The van der Waals surface area contributed by atoms with Crippen LogP contribution in [0.15, 0.2) is 48.7 Å². The fourth-order valence-electron chi connectivity index (χ4n) is 2.91. The van der Waals surface area contributed by atoms with Gasteiger partial charge in [0.25, 0.3) is 0 Å². The summed E-state index contributed by atoms with van der Waals surface area (Å²) in [5, 5.41) is 0. The summed E-state index contributed by atoms with van der Waals surface area (Å²) >= 11 is 0. The van der Waals surface area contributed by atoms with E-state index in [-0.39, 0.29) is 0 Å². The molecular formula is C17H21N3. The number of hydrogen-bond donors (Lipinski definition) is 1. The summed E-state index contributed by atoms with van der Waals surface area (Å²) in [5.74, 6) is 0.676. The maximum Gasteiger partial charge on any atom is 0.0543 e. The molecule has 1 aromatic heterocycles. The predicted molar refractivity (Wildman–Crippen MR) is 82.3 cm³/mol. The Kier molecular flexibility index (Phi) is 3.97. The van der Waals surface area contributed by atoms with Crippen LogP contribution in [0, 0.1) is 0 Å². The van der Waals surface area contributed by atoms with Gasteiger partial charge < -0.3 is 5.73 Å². The van der Waals surface area contributed by atoms with Crippen LogP contribution in [-0.4, -0.2) is 23.0 Å². The van der Waals surface area contributed by atoms with Crippen LogP contribution in [0.2, 0.25) is 0 Å². The van der Waals surface area contributed by atoms with E-state index in [1.165, 1.54) is 24.1 Å². The zero-order valence-corrected chi connectivity index (χ0v) is 11.7. The van der Waals surface area contributed by atoms with Crippen LogP contribution in [0.5, 0.6) is 0 Å². The molecule has 104 valence electrons. The van der Waals surface area contributed by atoms with Crippen LogP contribution in [0.4, 0.5) is 5.69 Å². The summed E-state index contributed by atoms with van der Waals surface area (Å²) in [6, 6.07) is 14.5. The molecule has 1 aliphatic heterocycles. The lowest BCUT2D eigenvalue weighted by molar-refractivity contribution is 0.202. The number of benzene rings is 1. The number of hydrogen-bond acceptors (Lipinski definition) is 3. The van der Waals surface area contributed by atoms with Gasteiger partial charge in [0, 0.05) is 18.4 Å². The van der Waals surface area contributed by atoms with Gasteiger partial charge in [0.1, 0.15) is 0 Å². The minimum atomic E-state index is 0.676. The second kappa shape index (κ2) is 6.06. The van der Waals surface area contributed by atoms with Gasteiger partial charge in [-0.15, -0.1) is 0 Å². The van der Waals surface area contributed by atoms with E-state index in [9.17, 15) is 0 Å². The predicted octanol–water partition coefficient (Wildman–Crippen LogP) is 3.04. The Labute approximate surface area is 120 Å². The van der Waals surface area contributed by atoms with Crippen molar-refractivity contribution in [2.24, 2.45) is 0 Å². The van der Waals surface area contributed by atoms with E-state index in [1.54, 1.807) is 0 Å². The molecule has 3 heteroatoms. The van der Waals surface area contributed by atoms with Crippen molar-refractivity contribution in [1.29, 1.82) is 0 Å². The smallest absolute Gasteiger partial charge is 0.0543 e. The van der Waals surface area contributed by atoms with Gasteiger partial charge in [-0.05, 0) is 61.7 Å². The highest BCUT2D eigenvalue weighted by Crippen LogP contribution is 2.28. The normalized spacial score (nSPS) is 17.2. The first-order chi connectivity index (χ1) is 9.81. The lowest BCUT2D eigenvalue weighted by Crippen LogP contribution is -2.32. The molecule has 2 heterocycles. The number of piperidine rings is 1. The molecular weight excluding hydrogens is 246 g/mol. The zero-order chi connectivity index (χ0) is 13.8. The quantitative estimate of drug-likeness (QED) is 0.869. The van der Waals surface area contributed by atoms with Crippen molar-refractivity contribution in [1.82, 2.24) is 9.88 Å². The average molecular weight is 267 g/mol. The van der Waals surface area contributed by atoms with Crippen molar-refractivity contribution >= 4 is 5.69 Å². The van der Waals surface area contributed by atoms with Crippen LogP contribution >= 0.6 is 0 Å². The second-order valence-corrected chi connectivity index (χ2v) is 5.54. The molecule has 0 bridgehead atoms. The number of aromatic nitrogens is 1. The number of nitrogen functional groups attached to an aromatic ring is 1. The summed E-state index contributed by atoms with van der Waals surface area (Å²) in [7, 11) is 0. The summed E-state index contributed by atoms with van der Waals surface area (Å²) < 4.78 is 0. The first-order valence-corrected chi connectivity index (χ1v) is 7.29. The third-order valence-corrected chi connectivity index (χ3v) is 4.11. The highest BCUT2D eigenvalue weighted by Gasteiger charge is 2.20. The van der Waals surface area contributed by atoms with Crippen molar-refractivity contribution < 1.29 is 0 Å². The summed E-state index contributed by atoms with van der Waals surface area (Å²) in [6.07, 6.45) is 4.31. The van der Waals surface area contributed by atoms with Gasteiger partial charge in [-0.3, -0.25) is 9.88 Å². The van der Waals surface area contributed by atoms with Crippen molar-refractivity contribution in [3.05, 3.63) is 59.9 Å². The molecule has 0 spiro atoms. The number of nitrogens with zero attached hydrogens (tertiary/aromatic N) is 2. The maximum absolute atomic E-state index is 5.75. The molecule has 2 N–H and O–H groups in total. The standard InChI is InChI=1S/C17H21N3/c18-16-6-4-14(5-7-16)15-8-11-20(12-9-15)13-17-3-1-2-10-19-17/h1-7,10,15H,8-9,11-13,18H2. The van der Waals surface area contributed by atoms with Gasteiger partial charge in [0.2, 0.25) is 0 Å². The molecule has 0 radical (unpaired) electrons. The molecule has 3 nitrogen and oxygen atoms in total. The Balaban J connectivity index is 1.55. The number of rotatable bonds is 3. The lowest BCUT2D eigenvalue weighted by atomic mass is 9.89. The van der Waals surface area contributed by atoms with E-state index < -0.39 is 0 Å². The van der Waals surface area contributed by atoms with Gasteiger partial charge in [0.15, 0.2) is 0 Å². The summed E-state index contributed by atoms with van der Waals surface area (Å²) in [6.45, 7) is 3.26. The third kappa shape index (κ3) is 3.17. The number of nitrogens with two attached hydrogens (primary N) is 1. The van der Waals surface area contributed by atoms with Crippen LogP contribution in [-0.2, 0) is 6.54 Å². The Morgan fingerprint density at radius 2 is 1.80 bits per heavy atom. The topological polar surface area (TPSA) is 42.1 Å². The second-order valence-electron chi connectivity index (χ2n) is 5.54. The van der Waals surface area contributed by atoms with E-state index in [0.29, 0.717) is 5.92 Å². The molecule has 3 rings (SSSR count). The molecule has 1 aromatic carbocycles. The molecule has 1 saturated heterocycles. The molecule has 20 heavy (non-hydrogen) atoms. The van der Waals surface area contributed by atoms with E-state index in [1.807, 2.05) is 24.4 Å². The van der Waals surface area contributed by atoms with Crippen LogP contribution in [0.1, 0.15) is 30.0 Å². The Hall–Kier alpha value is -1.87. The number of anilines is 1. The molecule has 0 unspecified atom stereocenters. The molecule has 1 aliphatic rings. The van der Waals surface area contributed by atoms with Crippen LogP contribution in [0.25, 0.3) is 0 Å². The molecule has 0 saturated carbocycles. The Morgan fingerprint density at radius 3 is 2.45 bits per heavy atom. The highest BCUT2D eigenvalue weighted by atomic mass is 15.1. The minimum Gasteiger partial charge on any atom is -0.399 e. The lowest BCUT2D eigenvalue weighted by Gasteiger charge is -2.32. The largest absolute Gasteiger partial charge is 0.399 e. The van der Waals surface area contributed by atoms with Crippen molar-refractivity contribution in [2.75, 3.05) is 18.8 Å². The van der Waals surface area contributed by atoms with Crippen LogP contribution < -0.4 is 5.73 Å². The van der Waals surface area contributed by atoms with Gasteiger partial charge >= 0.3 is 0 Å². The van der Waals surface area contributed by atoms with Crippen molar-refractivity contribution in [3.63, 3.8) is 0 Å². The Bertz CT molecular complexity index is 528. The average Bonchev–Trinajstić information content (AvgIpc) is 2.50. The first kappa shape index (κ1) is 13.1. The van der Waals surface area contributed by atoms with E-state index in [2.05, 4.69) is 34.1 Å². The van der Waals surface area contributed by atoms with Gasteiger partial charge in [0.05, 0.1) is 5.69 Å². The first-order valence-electron chi connectivity index (χ1n) is 7.29. The van der Waals surface area contributed by atoms with Crippen LogP contribution in [0.3, 0.4) is 0 Å². The van der Waals surface area contributed by atoms with E-state index >= 15 is 0 Å². The van der Waals surface area contributed by atoms with Crippen molar-refractivity contribution in [2.45, 2.75) is 25.3 Å². The van der Waals surface area contributed by atoms with Gasteiger partial charge in [-0.25, -0.2) is 0 Å². The summed E-state index contributed by atoms with van der Waals surface area (Å²) in [4.78, 5) is 6.90. The fourth-order valence-corrected chi connectivity index (χ4v) is 2.91. The maximum atomic E-state index is 5.75. The number of likely N-dealkylation sites (tertiary alicyclic amines) is 1. The molecule has 0 amide bonds. The van der Waals surface area contributed by atoms with E-state index in [0.717, 1.165) is 25.3 Å². The third-order valence-electron chi connectivity index (χ3n) is 4.11. The monoisotopic (exact) mass is 267 g/mol. The Morgan fingerprint density at radius 1 is 1.05 bits per heavy atom. The highest BCUT2D eigenvalue weighted by molar-refractivity contribution is 5.40. The number of pyridine rings is 1. The van der Waals surface area contributed by atoms with Gasteiger partial charge in [-0.2, -0.15) is 0 Å². The fraction of sp³-hybridized carbons (Fsp3) is 0.353.